The molecule has 74 valence electrons. The van der Waals surface area contributed by atoms with Crippen LogP contribution in [0.2, 0.25) is 19.1 Å². The van der Waals surface area contributed by atoms with Crippen LogP contribution in [-0.2, 0) is 4.43 Å². The van der Waals surface area contributed by atoms with E-state index in [4.69, 9.17) is 4.43 Å². The molecule has 0 atom stereocenters. The molecular formula is C9H28OSi. The van der Waals surface area contributed by atoms with Crippen LogP contribution in [0.5, 0.6) is 0 Å². The molecule has 0 amide bonds. The Morgan fingerprint density at radius 1 is 1.09 bits per heavy atom. The van der Waals surface area contributed by atoms with Gasteiger partial charge in [0.15, 0.2) is 8.32 Å². The lowest BCUT2D eigenvalue weighted by Gasteiger charge is -2.17. The normalized spacial score (nSPS) is 8.73. The average molecular weight is 180 g/mol. The Balaban J connectivity index is -0.0000000817. The van der Waals surface area contributed by atoms with E-state index in [1.165, 1.54) is 12.5 Å². The summed E-state index contributed by atoms with van der Waals surface area (Å²) in [6.07, 6.45) is 1.26. The minimum absolute atomic E-state index is 0. The fourth-order valence-electron chi connectivity index (χ4n) is 0.704. The highest BCUT2D eigenvalue weighted by molar-refractivity contribution is 6.71. The van der Waals surface area contributed by atoms with E-state index in [9.17, 15) is 0 Å². The van der Waals surface area contributed by atoms with E-state index in [-0.39, 0.29) is 22.3 Å². The maximum Gasteiger partial charge on any atom is 0.186 e. The molecular weight excluding hydrogens is 152 g/mol. The van der Waals surface area contributed by atoms with Crippen molar-refractivity contribution in [2.75, 3.05) is 7.11 Å². The van der Waals surface area contributed by atoms with Gasteiger partial charge in [-0.15, -0.1) is 0 Å². The smallest absolute Gasteiger partial charge is 0.186 e. The Hall–Kier alpha value is 0.177. The predicted octanol–water partition coefficient (Wildman–Crippen LogP) is 4.16. The average Bonchev–Trinajstić information content (AvgIpc) is 1.67. The molecule has 0 saturated carbocycles. The summed E-state index contributed by atoms with van der Waals surface area (Å²) in [6, 6.07) is 1.28. The molecule has 1 nitrogen and oxygen atoms in total. The lowest BCUT2D eigenvalue weighted by atomic mass is 10.6. The molecule has 11 heavy (non-hydrogen) atoms. The van der Waals surface area contributed by atoms with Crippen molar-refractivity contribution in [3.63, 3.8) is 0 Å². The third-order valence-corrected chi connectivity index (χ3v) is 4.21. The van der Waals surface area contributed by atoms with Gasteiger partial charge < -0.3 is 4.43 Å². The van der Waals surface area contributed by atoms with E-state index >= 15 is 0 Å². The second-order valence-electron chi connectivity index (χ2n) is 2.71. The van der Waals surface area contributed by atoms with Gasteiger partial charge in [0.05, 0.1) is 0 Å². The van der Waals surface area contributed by atoms with Crippen molar-refractivity contribution in [1.82, 2.24) is 0 Å². The van der Waals surface area contributed by atoms with E-state index in [1.807, 2.05) is 7.11 Å². The molecule has 0 radical (unpaired) electrons. The summed E-state index contributed by atoms with van der Waals surface area (Å²) in [5.41, 5.74) is 0. The fraction of sp³-hybridized carbons (Fsp3) is 1.00. The Morgan fingerprint density at radius 3 is 1.55 bits per heavy atom. The molecule has 0 heterocycles. The first-order valence-electron chi connectivity index (χ1n) is 3.17. The van der Waals surface area contributed by atoms with Gasteiger partial charge in [0, 0.05) is 7.11 Å². The van der Waals surface area contributed by atoms with E-state index in [1.54, 1.807) is 0 Å². The van der Waals surface area contributed by atoms with Crippen LogP contribution in [0.15, 0.2) is 0 Å². The van der Waals surface area contributed by atoms with Crippen LogP contribution in [0.4, 0.5) is 0 Å². The molecule has 0 aliphatic rings. The Kier molecular flexibility index (Phi) is 20.8. The van der Waals surface area contributed by atoms with E-state index in [0.717, 1.165) is 0 Å². The first kappa shape index (κ1) is 22.5. The van der Waals surface area contributed by atoms with Crippen molar-refractivity contribution >= 4 is 8.32 Å². The zero-order chi connectivity index (χ0) is 6.62. The minimum Gasteiger partial charge on any atom is -0.420 e. The summed E-state index contributed by atoms with van der Waals surface area (Å²) >= 11 is 0. The second kappa shape index (κ2) is 10.2. The van der Waals surface area contributed by atoms with Gasteiger partial charge >= 0.3 is 0 Å². The number of rotatable bonds is 3. The summed E-state index contributed by atoms with van der Waals surface area (Å²) in [4.78, 5) is 0. The molecule has 0 rings (SSSR count). The summed E-state index contributed by atoms with van der Waals surface area (Å²) in [6.45, 7) is 6.70. The number of hydrogen-bond acceptors (Lipinski definition) is 1. The van der Waals surface area contributed by atoms with Crippen LogP contribution >= 0.6 is 0 Å². The van der Waals surface area contributed by atoms with Crippen molar-refractivity contribution in [3.05, 3.63) is 0 Å². The van der Waals surface area contributed by atoms with Crippen LogP contribution in [0.1, 0.15) is 35.6 Å². The molecule has 0 saturated heterocycles. The van der Waals surface area contributed by atoms with Gasteiger partial charge in [-0.05, 0) is 19.1 Å². The van der Waals surface area contributed by atoms with Crippen molar-refractivity contribution in [2.45, 2.75) is 54.8 Å². The summed E-state index contributed by atoms with van der Waals surface area (Å²) < 4.78 is 5.32. The lowest BCUT2D eigenvalue weighted by Crippen LogP contribution is -2.27. The van der Waals surface area contributed by atoms with Crippen LogP contribution in [0.3, 0.4) is 0 Å². The Morgan fingerprint density at radius 2 is 1.45 bits per heavy atom. The van der Waals surface area contributed by atoms with Gasteiger partial charge in [-0.2, -0.15) is 0 Å². The monoisotopic (exact) mass is 180 g/mol. The fourth-order valence-corrected chi connectivity index (χ4v) is 2.11. The van der Waals surface area contributed by atoms with Crippen molar-refractivity contribution < 1.29 is 4.43 Å². The molecule has 0 aromatic carbocycles. The molecule has 0 aliphatic heterocycles. The maximum absolute atomic E-state index is 5.32. The van der Waals surface area contributed by atoms with Gasteiger partial charge in [0.25, 0.3) is 0 Å². The Bertz CT molecular complexity index is 62.6. The van der Waals surface area contributed by atoms with Crippen molar-refractivity contribution in [3.8, 4) is 0 Å². The molecule has 0 N–H and O–H groups in total. The second-order valence-corrected chi connectivity index (χ2v) is 7.14. The van der Waals surface area contributed by atoms with E-state index < -0.39 is 8.32 Å². The van der Waals surface area contributed by atoms with Crippen molar-refractivity contribution in [2.24, 2.45) is 0 Å². The van der Waals surface area contributed by atoms with Gasteiger partial charge in [-0.25, -0.2) is 0 Å². The topological polar surface area (TPSA) is 9.23 Å². The molecule has 0 aromatic rings. The van der Waals surface area contributed by atoms with Crippen molar-refractivity contribution in [1.29, 1.82) is 0 Å². The SMILES string of the molecule is C.C.C.CCC[Si](C)(C)OC. The zero-order valence-corrected chi connectivity index (χ0v) is 7.32. The summed E-state index contributed by atoms with van der Waals surface area (Å²) in [5, 5.41) is 0. The third-order valence-electron chi connectivity index (χ3n) is 1.40. The molecule has 0 aromatic heterocycles. The largest absolute Gasteiger partial charge is 0.420 e. The molecule has 2 heteroatoms. The van der Waals surface area contributed by atoms with E-state index in [2.05, 4.69) is 20.0 Å². The molecule has 0 unspecified atom stereocenters. The zero-order valence-electron chi connectivity index (χ0n) is 6.32. The highest BCUT2D eigenvalue weighted by Crippen LogP contribution is 2.10. The van der Waals surface area contributed by atoms with Gasteiger partial charge in [0.1, 0.15) is 0 Å². The van der Waals surface area contributed by atoms with Gasteiger partial charge in [-0.3, -0.25) is 0 Å². The molecule has 0 aliphatic carbocycles. The molecule has 0 spiro atoms. The third kappa shape index (κ3) is 13.2. The molecule has 0 fully saturated rings. The summed E-state index contributed by atoms with van der Waals surface area (Å²) in [7, 11) is 0.644. The predicted molar refractivity (Wildman–Crippen MR) is 59.8 cm³/mol. The summed E-state index contributed by atoms with van der Waals surface area (Å²) in [5.74, 6) is 0. The first-order chi connectivity index (χ1) is 3.62. The van der Waals surface area contributed by atoms with Crippen LogP contribution in [-0.4, -0.2) is 15.4 Å². The lowest BCUT2D eigenvalue weighted by molar-refractivity contribution is 0.403. The minimum atomic E-state index is -1.18. The van der Waals surface area contributed by atoms with Gasteiger partial charge in [0.2, 0.25) is 0 Å². The van der Waals surface area contributed by atoms with Crippen LogP contribution in [0.25, 0.3) is 0 Å². The first-order valence-corrected chi connectivity index (χ1v) is 6.29. The highest BCUT2D eigenvalue weighted by Gasteiger charge is 2.17. The maximum atomic E-state index is 5.32. The number of hydrogen-bond donors (Lipinski definition) is 0. The highest BCUT2D eigenvalue weighted by atomic mass is 28.4. The Labute approximate surface area is 75.3 Å². The standard InChI is InChI=1S/C6H16OSi.3CH4/c1-5-6-8(3,4)7-2;;;/h5-6H2,1-4H3;3*1H4. The van der Waals surface area contributed by atoms with Crippen LogP contribution in [0, 0.1) is 0 Å². The quantitative estimate of drug-likeness (QED) is 0.593. The van der Waals surface area contributed by atoms with Gasteiger partial charge in [-0.1, -0.05) is 35.6 Å². The van der Waals surface area contributed by atoms with E-state index in [0.29, 0.717) is 0 Å². The molecule has 0 bridgehead atoms. The van der Waals surface area contributed by atoms with Crippen LogP contribution < -0.4 is 0 Å².